The lowest BCUT2D eigenvalue weighted by Crippen LogP contribution is -2.26. The van der Waals surface area contributed by atoms with E-state index in [1.54, 1.807) is 24.4 Å². The Labute approximate surface area is 193 Å². The van der Waals surface area contributed by atoms with E-state index in [1.807, 2.05) is 18.2 Å². The van der Waals surface area contributed by atoms with Gasteiger partial charge in [0.1, 0.15) is 11.6 Å². The lowest BCUT2D eigenvalue weighted by atomic mass is 9.88. The summed E-state index contributed by atoms with van der Waals surface area (Å²) in [5.41, 5.74) is 2.99. The topological polar surface area (TPSA) is 45.2 Å². The molecule has 0 radical (unpaired) electrons. The predicted molar refractivity (Wildman–Crippen MR) is 125 cm³/mol. The summed E-state index contributed by atoms with van der Waals surface area (Å²) in [5, 5.41) is 2.92. The van der Waals surface area contributed by atoms with Crippen molar-refractivity contribution in [2.75, 3.05) is 26.2 Å². The average molecular weight is 450 g/mol. The first-order valence-electron chi connectivity index (χ1n) is 11.5. The van der Waals surface area contributed by atoms with Crippen molar-refractivity contribution in [2.45, 2.75) is 31.6 Å². The van der Waals surface area contributed by atoms with Gasteiger partial charge in [-0.3, -0.25) is 9.78 Å². The average Bonchev–Trinajstić information content (AvgIpc) is 3.34. The molecule has 0 bridgehead atoms. The summed E-state index contributed by atoms with van der Waals surface area (Å²) in [6.07, 6.45) is 5.55. The Morgan fingerprint density at radius 1 is 0.970 bits per heavy atom. The molecule has 1 N–H and O–H groups in total. The van der Waals surface area contributed by atoms with Gasteiger partial charge in [-0.2, -0.15) is 0 Å². The third-order valence-corrected chi connectivity index (χ3v) is 6.19. The van der Waals surface area contributed by atoms with Crippen molar-refractivity contribution in [3.63, 3.8) is 0 Å². The normalized spacial score (nSPS) is 14.0. The molecule has 172 valence electrons. The highest BCUT2D eigenvalue weighted by atomic mass is 19.1. The van der Waals surface area contributed by atoms with E-state index in [4.69, 9.17) is 0 Å². The summed E-state index contributed by atoms with van der Waals surface area (Å²) in [4.78, 5) is 19.5. The number of carbonyl (C=O) groups is 1. The van der Waals surface area contributed by atoms with Crippen LogP contribution in [0.25, 0.3) is 0 Å². The van der Waals surface area contributed by atoms with E-state index in [-0.39, 0.29) is 23.5 Å². The van der Waals surface area contributed by atoms with Crippen molar-refractivity contribution in [1.82, 2.24) is 15.2 Å². The van der Waals surface area contributed by atoms with Gasteiger partial charge >= 0.3 is 0 Å². The van der Waals surface area contributed by atoms with E-state index in [0.717, 1.165) is 42.9 Å². The quantitative estimate of drug-likeness (QED) is 0.503. The molecule has 0 atom stereocenters. The van der Waals surface area contributed by atoms with E-state index < -0.39 is 0 Å². The molecule has 1 aliphatic rings. The highest BCUT2D eigenvalue weighted by Crippen LogP contribution is 2.28. The van der Waals surface area contributed by atoms with Gasteiger partial charge in [-0.15, -0.1) is 0 Å². The summed E-state index contributed by atoms with van der Waals surface area (Å²) in [5.74, 6) is -1.11. The molecule has 2 aromatic carbocycles. The summed E-state index contributed by atoms with van der Waals surface area (Å²) >= 11 is 0. The fraction of sp³-hybridized carbons (Fsp3) is 0.333. The number of nitrogens with zero attached hydrogens (tertiary/aromatic N) is 2. The van der Waals surface area contributed by atoms with Gasteiger partial charge in [0.05, 0.1) is 5.56 Å². The molecule has 0 spiro atoms. The van der Waals surface area contributed by atoms with Gasteiger partial charge in [0.2, 0.25) is 0 Å². The highest BCUT2D eigenvalue weighted by molar-refractivity contribution is 5.93. The monoisotopic (exact) mass is 449 g/mol. The van der Waals surface area contributed by atoms with Crippen LogP contribution in [0.1, 0.15) is 52.4 Å². The number of hydrogen-bond acceptors (Lipinski definition) is 3. The van der Waals surface area contributed by atoms with E-state index >= 15 is 0 Å². The molecule has 1 aliphatic heterocycles. The first kappa shape index (κ1) is 23.1. The summed E-state index contributed by atoms with van der Waals surface area (Å²) in [6.45, 7) is 3.69. The van der Waals surface area contributed by atoms with E-state index in [1.165, 1.54) is 37.1 Å². The first-order valence-corrected chi connectivity index (χ1v) is 11.5. The zero-order valence-electron chi connectivity index (χ0n) is 18.6. The van der Waals surface area contributed by atoms with Crippen molar-refractivity contribution < 1.29 is 13.6 Å². The van der Waals surface area contributed by atoms with Gasteiger partial charge in [0, 0.05) is 37.3 Å². The van der Waals surface area contributed by atoms with Crippen LogP contribution in [-0.4, -0.2) is 42.0 Å². The molecule has 4 nitrogen and oxygen atoms in total. The Bertz CT molecular complexity index is 1020. The van der Waals surface area contributed by atoms with Crippen LogP contribution in [0.5, 0.6) is 0 Å². The number of hydrogen-bond donors (Lipinski definition) is 1. The fourth-order valence-corrected chi connectivity index (χ4v) is 4.39. The molecule has 2 heterocycles. The van der Waals surface area contributed by atoms with E-state index in [9.17, 15) is 13.6 Å². The van der Waals surface area contributed by atoms with Gasteiger partial charge in [-0.25, -0.2) is 8.78 Å². The molecule has 0 unspecified atom stereocenters. The van der Waals surface area contributed by atoms with Crippen LogP contribution in [0.4, 0.5) is 8.78 Å². The molecule has 0 saturated carbocycles. The maximum atomic E-state index is 13.8. The lowest BCUT2D eigenvalue weighted by molar-refractivity contribution is 0.0952. The molecule has 6 heteroatoms. The maximum absolute atomic E-state index is 13.8. The van der Waals surface area contributed by atoms with Crippen LogP contribution in [0, 0.1) is 11.6 Å². The molecule has 1 saturated heterocycles. The van der Waals surface area contributed by atoms with Gasteiger partial charge in [0.25, 0.3) is 5.91 Å². The molecular weight excluding hydrogens is 420 g/mol. The highest BCUT2D eigenvalue weighted by Gasteiger charge is 2.17. The largest absolute Gasteiger partial charge is 0.352 e. The number of halogens is 2. The zero-order valence-corrected chi connectivity index (χ0v) is 18.6. The summed E-state index contributed by atoms with van der Waals surface area (Å²) in [7, 11) is 0. The molecule has 0 aliphatic carbocycles. The van der Waals surface area contributed by atoms with Gasteiger partial charge in [-0.1, -0.05) is 24.3 Å². The van der Waals surface area contributed by atoms with Crippen LogP contribution in [0.15, 0.2) is 66.9 Å². The summed E-state index contributed by atoms with van der Waals surface area (Å²) < 4.78 is 27.6. The predicted octanol–water partition coefficient (Wildman–Crippen LogP) is 4.95. The van der Waals surface area contributed by atoms with Crippen LogP contribution < -0.4 is 5.32 Å². The number of benzene rings is 2. The number of rotatable bonds is 9. The van der Waals surface area contributed by atoms with Crippen molar-refractivity contribution >= 4 is 5.91 Å². The first-order chi connectivity index (χ1) is 16.1. The zero-order chi connectivity index (χ0) is 23.0. The van der Waals surface area contributed by atoms with Crippen LogP contribution in [-0.2, 0) is 6.42 Å². The third kappa shape index (κ3) is 6.45. The fourth-order valence-electron chi connectivity index (χ4n) is 4.39. The van der Waals surface area contributed by atoms with Gasteiger partial charge < -0.3 is 10.2 Å². The van der Waals surface area contributed by atoms with Crippen LogP contribution in [0.2, 0.25) is 0 Å². The molecule has 1 aromatic heterocycles. The summed E-state index contributed by atoms with van der Waals surface area (Å²) in [6, 6.07) is 16.3. The molecule has 33 heavy (non-hydrogen) atoms. The Kier molecular flexibility index (Phi) is 7.79. The second-order valence-electron chi connectivity index (χ2n) is 8.54. The Hall–Kier alpha value is -3.12. The molecule has 3 aromatic rings. The van der Waals surface area contributed by atoms with Crippen molar-refractivity contribution in [3.8, 4) is 0 Å². The van der Waals surface area contributed by atoms with Gasteiger partial charge in [-0.05, 0) is 79.9 Å². The SMILES string of the molecule is O=C(NCCC(c1cccc(F)c1)c1cccc(F)c1)c1ccc(CCN2CCCC2)nc1. The minimum Gasteiger partial charge on any atom is -0.352 e. The molecule has 1 fully saturated rings. The van der Waals surface area contributed by atoms with Crippen LogP contribution in [0.3, 0.4) is 0 Å². The molecule has 4 rings (SSSR count). The lowest BCUT2D eigenvalue weighted by Gasteiger charge is -2.19. The standard InChI is InChI=1S/C27H29F2N3O/c28-23-7-3-5-20(17-23)26(21-6-4-8-24(29)18-21)11-13-30-27(33)22-9-10-25(31-19-22)12-16-32-14-1-2-15-32/h3-10,17-19,26H,1-2,11-16H2,(H,30,33). The second kappa shape index (κ2) is 11.1. The number of carbonyl (C=O) groups excluding carboxylic acids is 1. The smallest absolute Gasteiger partial charge is 0.252 e. The van der Waals surface area contributed by atoms with Crippen molar-refractivity contribution in [2.24, 2.45) is 0 Å². The van der Waals surface area contributed by atoms with Crippen molar-refractivity contribution in [1.29, 1.82) is 0 Å². The third-order valence-electron chi connectivity index (χ3n) is 6.19. The van der Waals surface area contributed by atoms with Crippen LogP contribution >= 0.6 is 0 Å². The van der Waals surface area contributed by atoms with E-state index in [0.29, 0.717) is 18.5 Å². The van der Waals surface area contributed by atoms with Gasteiger partial charge in [0.15, 0.2) is 0 Å². The number of amides is 1. The Balaban J connectivity index is 1.35. The number of aromatic nitrogens is 1. The number of nitrogens with one attached hydrogen (secondary N) is 1. The second-order valence-corrected chi connectivity index (χ2v) is 8.54. The minimum atomic E-state index is -0.339. The molecular formula is C27H29F2N3O. The Morgan fingerprint density at radius 2 is 1.64 bits per heavy atom. The maximum Gasteiger partial charge on any atom is 0.252 e. The Morgan fingerprint density at radius 3 is 2.21 bits per heavy atom. The van der Waals surface area contributed by atoms with Crippen molar-refractivity contribution in [3.05, 3.63) is 101 Å². The molecule has 1 amide bonds. The van der Waals surface area contributed by atoms with E-state index in [2.05, 4.69) is 15.2 Å². The number of likely N-dealkylation sites (tertiary alicyclic amines) is 1. The number of pyridine rings is 1. The minimum absolute atomic E-state index is 0.203.